The van der Waals surface area contributed by atoms with Gasteiger partial charge in [0.05, 0.1) is 0 Å². The Bertz CT molecular complexity index is 225. The van der Waals surface area contributed by atoms with Crippen molar-refractivity contribution in [2.45, 2.75) is 27.2 Å². The molecule has 6 heteroatoms. The summed E-state index contributed by atoms with van der Waals surface area (Å²) in [4.78, 5) is 0. The molecule has 16 heavy (non-hydrogen) atoms. The van der Waals surface area contributed by atoms with E-state index in [1.165, 1.54) is 0 Å². The monoisotopic (exact) mass is 458 g/mol. The number of rotatable bonds is 0. The normalized spacial score (nSPS) is 5.75. The zero-order chi connectivity index (χ0) is 14.6. The van der Waals surface area contributed by atoms with Gasteiger partial charge in [-0.05, 0) is 0 Å². The fourth-order valence-electron chi connectivity index (χ4n) is 0.244. The minimum absolute atomic E-state index is 0.303. The van der Waals surface area contributed by atoms with Gasteiger partial charge in [0.15, 0.2) is 0 Å². The Morgan fingerprint density at radius 2 is 1.19 bits per heavy atom. The molecule has 0 fully saturated rings. The van der Waals surface area contributed by atoms with Gasteiger partial charge in [0.25, 0.3) is 0 Å². The van der Waals surface area contributed by atoms with E-state index in [0.717, 1.165) is 6.42 Å². The van der Waals surface area contributed by atoms with Gasteiger partial charge in [-0.25, -0.2) is 0 Å². The van der Waals surface area contributed by atoms with Crippen LogP contribution in [0.4, 0.5) is 0 Å². The molecule has 0 rings (SSSR count). The van der Waals surface area contributed by atoms with Crippen LogP contribution in [0.2, 0.25) is 0 Å². The second-order valence-electron chi connectivity index (χ2n) is 2.96. The van der Waals surface area contributed by atoms with Crippen molar-refractivity contribution < 1.29 is 34.5 Å². The molecule has 0 atom stereocenters. The molecule has 0 aromatic carbocycles. The predicted octanol–water partition coefficient (Wildman–Crippen LogP) is 2.62. The Kier molecular flexibility index (Phi) is 67.5. The number of halogens is 1. The maximum atomic E-state index is 7.50. The van der Waals surface area contributed by atoms with Crippen molar-refractivity contribution in [2.24, 2.45) is 5.41 Å². The molecule has 88 valence electrons. The molecule has 0 aliphatic heterocycles. The number of hydrogen-bond donors (Lipinski definition) is 0. The molecular weight excluding hydrogens is 448 g/mol. The van der Waals surface area contributed by atoms with Gasteiger partial charge in [-0.1, -0.05) is 0 Å². The SMILES string of the molecule is CC(C)(C)C[C]#[W][Br].[C-]#[O+].[C-]#[O+].[C-]#[O+].[C-]#[O+]. The first-order valence-corrected chi connectivity index (χ1v) is 11.3. The van der Waals surface area contributed by atoms with E-state index in [1.807, 2.05) is 0 Å². The van der Waals surface area contributed by atoms with Gasteiger partial charge in [0, 0.05) is 0 Å². The first-order valence-electron chi connectivity index (χ1n) is 3.38. The fraction of sp³-hybridized carbons (Fsp3) is 0.500. The van der Waals surface area contributed by atoms with E-state index in [4.69, 9.17) is 18.6 Å². The van der Waals surface area contributed by atoms with Crippen LogP contribution < -0.4 is 0 Å². The molecule has 0 amide bonds. The molecule has 0 radical (unpaired) electrons. The van der Waals surface area contributed by atoms with Crippen molar-refractivity contribution >= 4 is 13.3 Å². The van der Waals surface area contributed by atoms with Crippen molar-refractivity contribution in [3.63, 3.8) is 0 Å². The van der Waals surface area contributed by atoms with Gasteiger partial charge >= 0.3 is 111 Å². The second-order valence-corrected chi connectivity index (χ2v) is 7.20. The summed E-state index contributed by atoms with van der Waals surface area (Å²) < 4.78 is 33.4. The molecule has 0 aromatic rings. The Hall–Kier alpha value is -0.0917. The average molecular weight is 459 g/mol. The second kappa shape index (κ2) is 36.3. The van der Waals surface area contributed by atoms with Crippen molar-refractivity contribution in [2.75, 3.05) is 0 Å². The van der Waals surface area contributed by atoms with Crippen LogP contribution in [0.3, 0.4) is 0 Å². The van der Waals surface area contributed by atoms with E-state index in [0.29, 0.717) is 5.41 Å². The molecule has 0 aliphatic carbocycles. The van der Waals surface area contributed by atoms with E-state index < -0.39 is 0 Å². The zero-order valence-corrected chi connectivity index (χ0v) is 13.6. The summed E-state index contributed by atoms with van der Waals surface area (Å²) in [6.07, 6.45) is 1.14. The molecular formula is C10H11BrO4W. The third kappa shape index (κ3) is 96.2. The van der Waals surface area contributed by atoms with Gasteiger partial charge in [0.1, 0.15) is 0 Å². The van der Waals surface area contributed by atoms with Crippen LogP contribution in [-0.4, -0.2) is 0 Å². The molecule has 0 unspecified atom stereocenters. The van der Waals surface area contributed by atoms with E-state index in [9.17, 15) is 0 Å². The van der Waals surface area contributed by atoms with Crippen LogP contribution >= 0.6 is 13.3 Å². The maximum absolute atomic E-state index is 7.50. The van der Waals surface area contributed by atoms with E-state index in [1.54, 1.807) is 0 Å². The predicted molar refractivity (Wildman–Crippen MR) is 52.6 cm³/mol. The van der Waals surface area contributed by atoms with Gasteiger partial charge < -0.3 is 0 Å². The molecule has 0 aliphatic rings. The molecule has 0 saturated carbocycles. The summed E-state index contributed by atoms with van der Waals surface area (Å²) in [6.45, 7) is 24.7. The van der Waals surface area contributed by atoms with Crippen LogP contribution in [-0.2, 0) is 34.5 Å². The number of hydrogen-bond acceptors (Lipinski definition) is 0. The van der Waals surface area contributed by atoms with Crippen LogP contribution in [0.15, 0.2) is 0 Å². The van der Waals surface area contributed by atoms with Gasteiger partial charge in [-0.15, -0.1) is 0 Å². The molecule has 0 spiro atoms. The molecule has 0 heterocycles. The van der Waals surface area contributed by atoms with Crippen molar-refractivity contribution in [3.8, 4) is 4.20 Å². The van der Waals surface area contributed by atoms with Crippen molar-refractivity contribution in [3.05, 3.63) is 26.6 Å². The van der Waals surface area contributed by atoms with Crippen LogP contribution in [0.1, 0.15) is 27.2 Å². The molecule has 0 N–H and O–H groups in total. The summed E-state index contributed by atoms with van der Waals surface area (Å²) >= 11 is 3.15. The molecule has 4 nitrogen and oxygen atoms in total. The summed E-state index contributed by atoms with van der Waals surface area (Å²) in [7, 11) is 0. The summed E-state index contributed by atoms with van der Waals surface area (Å²) in [6, 6.07) is 0. The van der Waals surface area contributed by atoms with Gasteiger partial charge in [-0.3, -0.25) is 0 Å². The quantitative estimate of drug-likeness (QED) is 0.395. The Balaban J connectivity index is -0.0000000426. The van der Waals surface area contributed by atoms with Gasteiger partial charge in [0.2, 0.25) is 0 Å². The third-order valence-electron chi connectivity index (χ3n) is 0.657. The Labute approximate surface area is 111 Å². The fourth-order valence-corrected chi connectivity index (χ4v) is 2.93. The summed E-state index contributed by atoms with van der Waals surface area (Å²) in [5, 5.41) is 0. The average Bonchev–Trinajstić information content (AvgIpc) is 2.36. The van der Waals surface area contributed by atoms with E-state index in [-0.39, 0.29) is 15.8 Å². The van der Waals surface area contributed by atoms with E-state index in [2.05, 4.69) is 64.9 Å². The molecule has 0 saturated heterocycles. The Morgan fingerprint density at radius 1 is 0.938 bits per heavy atom. The van der Waals surface area contributed by atoms with Crippen molar-refractivity contribution in [1.82, 2.24) is 0 Å². The first-order chi connectivity index (χ1) is 7.56. The summed E-state index contributed by atoms with van der Waals surface area (Å²) in [5.74, 6) is 0. The van der Waals surface area contributed by atoms with Crippen molar-refractivity contribution in [1.29, 1.82) is 0 Å². The van der Waals surface area contributed by atoms with Crippen LogP contribution in [0.25, 0.3) is 0 Å². The standard InChI is InChI=1S/C6H11.4CO.BrH.W/c1-5-6(2,3)4;4*1-2;;/h5H2,2-4H3;;;;;1H;/q;;;;;;+1/p-1. The van der Waals surface area contributed by atoms with E-state index >= 15 is 0 Å². The molecule has 0 aromatic heterocycles. The Morgan fingerprint density at radius 3 is 1.25 bits per heavy atom. The minimum atomic E-state index is -0.303. The third-order valence-corrected chi connectivity index (χ3v) is 3.44. The molecule has 0 bridgehead atoms. The van der Waals surface area contributed by atoms with Gasteiger partial charge in [-0.2, -0.15) is 0 Å². The van der Waals surface area contributed by atoms with Crippen LogP contribution in [0.5, 0.6) is 0 Å². The summed E-state index contributed by atoms with van der Waals surface area (Å²) in [5.41, 5.74) is 0.452. The van der Waals surface area contributed by atoms with Crippen LogP contribution in [0, 0.1) is 36.2 Å². The first kappa shape index (κ1) is 29.7. The topological polar surface area (TPSA) is 79.6 Å². The zero-order valence-electron chi connectivity index (χ0n) is 9.13.